The quantitative estimate of drug-likeness (QED) is 0.688. The summed E-state index contributed by atoms with van der Waals surface area (Å²) < 4.78 is 5.23. The normalized spacial score (nSPS) is 29.7. The number of amides is 2. The van der Waals surface area contributed by atoms with Crippen LogP contribution < -0.4 is 5.32 Å². The van der Waals surface area contributed by atoms with Gasteiger partial charge in [-0.1, -0.05) is 0 Å². The fourth-order valence-electron chi connectivity index (χ4n) is 2.33. The molecule has 2 amide bonds. The molecule has 0 spiro atoms. The third-order valence-electron chi connectivity index (χ3n) is 3.49. The van der Waals surface area contributed by atoms with Crippen LogP contribution in [0.1, 0.15) is 13.3 Å². The van der Waals surface area contributed by atoms with Crippen LogP contribution in [0.2, 0.25) is 0 Å². The summed E-state index contributed by atoms with van der Waals surface area (Å²) in [5, 5.41) is 11.5. The average Bonchev–Trinajstić information content (AvgIpc) is 3.18. The number of carboxylic acids is 1. The van der Waals surface area contributed by atoms with Crippen molar-refractivity contribution in [2.24, 2.45) is 11.8 Å². The van der Waals surface area contributed by atoms with Gasteiger partial charge in [0.2, 0.25) is 11.8 Å². The third kappa shape index (κ3) is 2.86. The Morgan fingerprint density at radius 3 is 2.68 bits per heavy atom. The summed E-state index contributed by atoms with van der Waals surface area (Å²) in [6.07, 6.45) is 0.369. The number of morpholine rings is 1. The Labute approximate surface area is 110 Å². The summed E-state index contributed by atoms with van der Waals surface area (Å²) in [4.78, 5) is 36.4. The van der Waals surface area contributed by atoms with Crippen LogP contribution in [0.25, 0.3) is 0 Å². The summed E-state index contributed by atoms with van der Waals surface area (Å²) in [5.74, 6) is -2.51. The van der Waals surface area contributed by atoms with E-state index in [-0.39, 0.29) is 18.4 Å². The van der Waals surface area contributed by atoms with Crippen LogP contribution in [0, 0.1) is 11.8 Å². The molecule has 3 atom stereocenters. The van der Waals surface area contributed by atoms with E-state index in [1.807, 2.05) is 0 Å². The van der Waals surface area contributed by atoms with E-state index in [0.717, 1.165) is 0 Å². The lowest BCUT2D eigenvalue weighted by molar-refractivity contribution is -0.151. The largest absolute Gasteiger partial charge is 0.481 e. The first-order valence-corrected chi connectivity index (χ1v) is 6.45. The number of carbonyl (C=O) groups is 3. The SMILES string of the molecule is CCNC(=O)C1COCCN1C(=O)[C@@H]1C[C@@H]1C(=O)O. The first-order chi connectivity index (χ1) is 9.06. The Balaban J connectivity index is 2.01. The number of carboxylic acid groups (broad SMARTS) is 1. The topological polar surface area (TPSA) is 95.9 Å². The lowest BCUT2D eigenvalue weighted by Gasteiger charge is -2.34. The van der Waals surface area contributed by atoms with Crippen molar-refractivity contribution in [3.05, 3.63) is 0 Å². The first kappa shape index (κ1) is 13.8. The molecule has 1 heterocycles. The summed E-state index contributed by atoms with van der Waals surface area (Å²) in [6.45, 7) is 3.17. The second kappa shape index (κ2) is 5.56. The van der Waals surface area contributed by atoms with Gasteiger partial charge in [0.15, 0.2) is 0 Å². The number of nitrogens with zero attached hydrogens (tertiary/aromatic N) is 1. The molecule has 0 aromatic carbocycles. The molecule has 1 unspecified atom stereocenters. The van der Waals surface area contributed by atoms with E-state index in [0.29, 0.717) is 26.1 Å². The van der Waals surface area contributed by atoms with Crippen molar-refractivity contribution in [2.45, 2.75) is 19.4 Å². The Bertz CT molecular complexity index is 398. The van der Waals surface area contributed by atoms with Crippen LogP contribution in [0.3, 0.4) is 0 Å². The molecule has 2 N–H and O–H groups in total. The highest BCUT2D eigenvalue weighted by Gasteiger charge is 2.51. The summed E-state index contributed by atoms with van der Waals surface area (Å²) in [5.41, 5.74) is 0. The van der Waals surface area contributed by atoms with Crippen molar-refractivity contribution >= 4 is 17.8 Å². The van der Waals surface area contributed by atoms with E-state index >= 15 is 0 Å². The maximum atomic E-state index is 12.2. The van der Waals surface area contributed by atoms with Gasteiger partial charge in [0, 0.05) is 13.1 Å². The highest BCUT2D eigenvalue weighted by atomic mass is 16.5. The van der Waals surface area contributed by atoms with Crippen molar-refractivity contribution < 1.29 is 24.2 Å². The lowest BCUT2D eigenvalue weighted by Crippen LogP contribution is -2.56. The zero-order valence-corrected chi connectivity index (χ0v) is 10.8. The van der Waals surface area contributed by atoms with Crippen molar-refractivity contribution in [2.75, 3.05) is 26.3 Å². The molecule has 2 rings (SSSR count). The third-order valence-corrected chi connectivity index (χ3v) is 3.49. The minimum atomic E-state index is -0.943. The molecule has 1 aliphatic carbocycles. The summed E-state index contributed by atoms with van der Waals surface area (Å²) in [7, 11) is 0. The van der Waals surface area contributed by atoms with Crippen LogP contribution in [-0.2, 0) is 19.1 Å². The fraction of sp³-hybridized carbons (Fsp3) is 0.750. The molecule has 7 nitrogen and oxygen atoms in total. The maximum absolute atomic E-state index is 12.2. The predicted octanol–water partition coefficient (Wildman–Crippen LogP) is -0.929. The van der Waals surface area contributed by atoms with Gasteiger partial charge in [0.25, 0.3) is 0 Å². The van der Waals surface area contributed by atoms with Crippen molar-refractivity contribution in [3.63, 3.8) is 0 Å². The number of aliphatic carboxylic acids is 1. The minimum Gasteiger partial charge on any atom is -0.481 e. The van der Waals surface area contributed by atoms with Crippen LogP contribution >= 0.6 is 0 Å². The number of carbonyl (C=O) groups excluding carboxylic acids is 2. The summed E-state index contributed by atoms with van der Waals surface area (Å²) in [6, 6.07) is -0.642. The molecule has 7 heteroatoms. The molecule has 1 aliphatic heterocycles. The highest BCUT2D eigenvalue weighted by Crippen LogP contribution is 2.40. The second-order valence-corrected chi connectivity index (χ2v) is 4.80. The molecule has 2 fully saturated rings. The van der Waals surface area contributed by atoms with E-state index in [1.165, 1.54) is 4.90 Å². The Hall–Kier alpha value is -1.63. The van der Waals surface area contributed by atoms with Crippen molar-refractivity contribution in [1.29, 1.82) is 0 Å². The molecule has 0 aromatic rings. The Morgan fingerprint density at radius 2 is 2.11 bits per heavy atom. The van der Waals surface area contributed by atoms with Crippen LogP contribution in [-0.4, -0.2) is 60.1 Å². The number of nitrogens with one attached hydrogen (secondary N) is 1. The smallest absolute Gasteiger partial charge is 0.307 e. The monoisotopic (exact) mass is 270 g/mol. The molecule has 0 aromatic heterocycles. The molecule has 0 radical (unpaired) electrons. The van der Waals surface area contributed by atoms with E-state index in [4.69, 9.17) is 9.84 Å². The van der Waals surface area contributed by atoms with E-state index in [9.17, 15) is 14.4 Å². The zero-order valence-electron chi connectivity index (χ0n) is 10.8. The lowest BCUT2D eigenvalue weighted by atomic mass is 10.1. The number of likely N-dealkylation sites (N-methyl/N-ethyl adjacent to an activating group) is 1. The van der Waals surface area contributed by atoms with Gasteiger partial charge in [-0.25, -0.2) is 0 Å². The highest BCUT2D eigenvalue weighted by molar-refractivity contribution is 5.93. The van der Waals surface area contributed by atoms with Gasteiger partial charge >= 0.3 is 5.97 Å². The molecule has 1 saturated carbocycles. The fourth-order valence-corrected chi connectivity index (χ4v) is 2.33. The molecule has 106 valence electrons. The van der Waals surface area contributed by atoms with Crippen molar-refractivity contribution in [1.82, 2.24) is 10.2 Å². The predicted molar refractivity (Wildman–Crippen MR) is 64.2 cm³/mol. The van der Waals surface area contributed by atoms with Gasteiger partial charge in [-0.3, -0.25) is 14.4 Å². The number of hydrogen-bond acceptors (Lipinski definition) is 4. The van der Waals surface area contributed by atoms with E-state index in [2.05, 4.69) is 5.32 Å². The maximum Gasteiger partial charge on any atom is 0.307 e. The number of rotatable bonds is 4. The summed E-state index contributed by atoms with van der Waals surface area (Å²) >= 11 is 0. The standard InChI is InChI=1S/C12H18N2O5/c1-2-13-10(15)9-6-19-4-3-14(9)11(16)7-5-8(7)12(17)18/h7-9H,2-6H2,1H3,(H,13,15)(H,17,18)/t7-,8+,9?/m1/s1. The molecular weight excluding hydrogens is 252 g/mol. The molecular formula is C12H18N2O5. The minimum absolute atomic E-state index is 0.169. The molecule has 19 heavy (non-hydrogen) atoms. The van der Waals surface area contributed by atoms with Crippen LogP contribution in [0.4, 0.5) is 0 Å². The first-order valence-electron chi connectivity index (χ1n) is 6.45. The van der Waals surface area contributed by atoms with Gasteiger partial charge in [0.1, 0.15) is 6.04 Å². The number of hydrogen-bond donors (Lipinski definition) is 2. The molecule has 0 bridgehead atoms. The Kier molecular flexibility index (Phi) is 4.04. The van der Waals surface area contributed by atoms with Gasteiger partial charge in [-0.15, -0.1) is 0 Å². The van der Waals surface area contributed by atoms with E-state index < -0.39 is 23.8 Å². The number of ether oxygens (including phenoxy) is 1. The molecule has 1 saturated heterocycles. The van der Waals surface area contributed by atoms with E-state index in [1.54, 1.807) is 6.92 Å². The average molecular weight is 270 g/mol. The van der Waals surface area contributed by atoms with Gasteiger partial charge in [-0.2, -0.15) is 0 Å². The zero-order chi connectivity index (χ0) is 14.0. The van der Waals surface area contributed by atoms with Crippen LogP contribution in [0.15, 0.2) is 0 Å². The van der Waals surface area contributed by atoms with Gasteiger partial charge in [-0.05, 0) is 13.3 Å². The van der Waals surface area contributed by atoms with Crippen LogP contribution in [0.5, 0.6) is 0 Å². The van der Waals surface area contributed by atoms with Gasteiger partial charge < -0.3 is 20.1 Å². The molecule has 2 aliphatic rings. The Morgan fingerprint density at radius 1 is 1.37 bits per heavy atom. The second-order valence-electron chi connectivity index (χ2n) is 4.80. The van der Waals surface area contributed by atoms with Gasteiger partial charge in [0.05, 0.1) is 25.0 Å². The van der Waals surface area contributed by atoms with Crippen molar-refractivity contribution in [3.8, 4) is 0 Å².